The van der Waals surface area contributed by atoms with Gasteiger partial charge in [-0.1, -0.05) is 0 Å². The van der Waals surface area contributed by atoms with Crippen molar-refractivity contribution in [1.29, 1.82) is 0 Å². The topological polar surface area (TPSA) is 96.0 Å². The zero-order valence-corrected chi connectivity index (χ0v) is 21.5. The highest BCUT2D eigenvalue weighted by Gasteiger charge is 2.43. The summed E-state index contributed by atoms with van der Waals surface area (Å²) in [7, 11) is 1.57. The van der Waals surface area contributed by atoms with Crippen molar-refractivity contribution in [1.82, 2.24) is 20.5 Å². The third-order valence-electron chi connectivity index (χ3n) is 7.55. The number of rotatable bonds is 8. The van der Waals surface area contributed by atoms with E-state index in [1.54, 1.807) is 35.5 Å². The SMILES string of the molecule is COc1cc(O)cc(-c2ncc(C3CC3NCC3(F)CCN(C(=O)OCC4CCNCC4)CC3)s2)c1. The number of aromatic nitrogens is 1. The molecule has 196 valence electrons. The molecule has 1 amide bonds. The van der Waals surface area contributed by atoms with Crippen LogP contribution in [0.15, 0.2) is 24.4 Å². The van der Waals surface area contributed by atoms with E-state index < -0.39 is 5.67 Å². The van der Waals surface area contributed by atoms with E-state index in [0.29, 0.717) is 56.7 Å². The summed E-state index contributed by atoms with van der Waals surface area (Å²) in [5.74, 6) is 1.47. The van der Waals surface area contributed by atoms with Crippen LogP contribution in [-0.2, 0) is 4.74 Å². The molecule has 2 atom stereocenters. The van der Waals surface area contributed by atoms with Crippen LogP contribution in [0.3, 0.4) is 0 Å². The number of carbonyl (C=O) groups is 1. The smallest absolute Gasteiger partial charge is 0.409 e. The zero-order chi connectivity index (χ0) is 25.1. The van der Waals surface area contributed by atoms with Crippen molar-refractivity contribution in [2.75, 3.05) is 46.4 Å². The molecule has 10 heteroatoms. The van der Waals surface area contributed by atoms with Crippen LogP contribution >= 0.6 is 11.3 Å². The van der Waals surface area contributed by atoms with Gasteiger partial charge in [0.05, 0.1) is 13.7 Å². The van der Waals surface area contributed by atoms with Crippen molar-refractivity contribution in [2.24, 2.45) is 5.92 Å². The lowest BCUT2D eigenvalue weighted by Crippen LogP contribution is -2.49. The first-order valence-electron chi connectivity index (χ1n) is 12.8. The third kappa shape index (κ3) is 6.10. The van der Waals surface area contributed by atoms with Crippen LogP contribution in [0.1, 0.15) is 42.9 Å². The van der Waals surface area contributed by atoms with Crippen molar-refractivity contribution < 1.29 is 23.8 Å². The number of halogens is 1. The molecule has 0 spiro atoms. The van der Waals surface area contributed by atoms with Crippen LogP contribution in [0.5, 0.6) is 11.5 Å². The highest BCUT2D eigenvalue weighted by molar-refractivity contribution is 7.15. The summed E-state index contributed by atoms with van der Waals surface area (Å²) in [6, 6.07) is 5.33. The summed E-state index contributed by atoms with van der Waals surface area (Å²) in [5.41, 5.74) is -0.493. The number of thiazole rings is 1. The monoisotopic (exact) mass is 518 g/mol. The first kappa shape index (κ1) is 25.2. The summed E-state index contributed by atoms with van der Waals surface area (Å²) in [6.07, 6.45) is 5.23. The maximum atomic E-state index is 15.4. The van der Waals surface area contributed by atoms with Gasteiger partial charge in [-0.05, 0) is 50.4 Å². The zero-order valence-electron chi connectivity index (χ0n) is 20.7. The molecule has 2 unspecified atom stereocenters. The standard InChI is InChI=1S/C26H35FN4O4S/c1-34-20-11-18(10-19(32)12-20)24-29-14-23(36-24)21-13-22(21)30-16-26(27)4-8-31(9-5-26)25(33)35-15-17-2-6-28-7-3-17/h10-12,14,17,21-22,28,30,32H,2-9,13,15-16H2,1H3. The van der Waals surface area contributed by atoms with Gasteiger partial charge < -0.3 is 30.1 Å². The van der Waals surface area contributed by atoms with Crippen LogP contribution in [-0.4, -0.2) is 79.2 Å². The Morgan fingerprint density at radius 1 is 1.31 bits per heavy atom. The highest BCUT2D eigenvalue weighted by atomic mass is 32.1. The lowest BCUT2D eigenvalue weighted by molar-refractivity contribution is 0.0362. The minimum atomic E-state index is -1.31. The first-order chi connectivity index (χ1) is 17.4. The van der Waals surface area contributed by atoms with Gasteiger partial charge in [0.25, 0.3) is 0 Å². The summed E-state index contributed by atoms with van der Waals surface area (Å²) in [6.45, 7) is 3.48. The fraction of sp³-hybridized carbons (Fsp3) is 0.615. The van der Waals surface area contributed by atoms with Gasteiger partial charge in [-0.15, -0.1) is 11.3 Å². The van der Waals surface area contributed by atoms with E-state index in [2.05, 4.69) is 15.6 Å². The van der Waals surface area contributed by atoms with E-state index in [1.807, 2.05) is 12.3 Å². The Morgan fingerprint density at radius 2 is 2.08 bits per heavy atom. The summed E-state index contributed by atoms with van der Waals surface area (Å²) in [4.78, 5) is 19.7. The molecule has 5 rings (SSSR count). The third-order valence-corrected chi connectivity index (χ3v) is 8.73. The van der Waals surface area contributed by atoms with E-state index in [4.69, 9.17) is 9.47 Å². The summed E-state index contributed by atoms with van der Waals surface area (Å²) >= 11 is 1.59. The number of likely N-dealkylation sites (tertiary alicyclic amines) is 1. The number of ether oxygens (including phenoxy) is 2. The van der Waals surface area contributed by atoms with E-state index in [-0.39, 0.29) is 17.9 Å². The average Bonchev–Trinajstić information content (AvgIpc) is 3.51. The number of nitrogens with one attached hydrogen (secondary N) is 2. The molecule has 3 N–H and O–H groups in total. The van der Waals surface area contributed by atoms with Crippen LogP contribution < -0.4 is 15.4 Å². The minimum Gasteiger partial charge on any atom is -0.508 e. The number of piperidine rings is 2. The number of hydrogen-bond donors (Lipinski definition) is 3. The Morgan fingerprint density at radius 3 is 2.83 bits per heavy atom. The van der Waals surface area contributed by atoms with Crippen molar-refractivity contribution >= 4 is 17.4 Å². The number of carbonyl (C=O) groups excluding carboxylic acids is 1. The second-order valence-corrected chi connectivity index (χ2v) is 11.3. The van der Waals surface area contributed by atoms with Gasteiger partial charge in [0.1, 0.15) is 22.2 Å². The van der Waals surface area contributed by atoms with Crippen LogP contribution in [0, 0.1) is 5.92 Å². The number of nitrogens with zero attached hydrogens (tertiary/aromatic N) is 2. The Labute approximate surface area is 215 Å². The molecule has 2 saturated heterocycles. The van der Waals surface area contributed by atoms with E-state index in [1.165, 1.54) is 0 Å². The van der Waals surface area contributed by atoms with Crippen molar-refractivity contribution in [3.63, 3.8) is 0 Å². The van der Waals surface area contributed by atoms with E-state index in [0.717, 1.165) is 47.8 Å². The van der Waals surface area contributed by atoms with Gasteiger partial charge >= 0.3 is 6.09 Å². The van der Waals surface area contributed by atoms with Crippen LogP contribution in [0.4, 0.5) is 9.18 Å². The molecule has 36 heavy (non-hydrogen) atoms. The van der Waals surface area contributed by atoms with Crippen LogP contribution in [0.25, 0.3) is 10.6 Å². The summed E-state index contributed by atoms with van der Waals surface area (Å²) < 4.78 is 26.2. The Kier molecular flexibility index (Phi) is 7.64. The molecule has 1 aliphatic carbocycles. The lowest BCUT2D eigenvalue weighted by Gasteiger charge is -2.36. The molecule has 2 aromatic rings. The fourth-order valence-corrected chi connectivity index (χ4v) is 6.14. The molecule has 1 saturated carbocycles. The van der Waals surface area contributed by atoms with Gasteiger partial charge in [-0.2, -0.15) is 0 Å². The number of alkyl halides is 1. The van der Waals surface area contributed by atoms with Gasteiger partial charge in [0.15, 0.2) is 0 Å². The molecular formula is C26H35FN4O4S. The van der Waals surface area contributed by atoms with E-state index in [9.17, 15) is 9.90 Å². The van der Waals surface area contributed by atoms with Gasteiger partial charge in [-0.3, -0.25) is 0 Å². The molecule has 0 radical (unpaired) electrons. The van der Waals surface area contributed by atoms with Gasteiger partial charge in [0.2, 0.25) is 0 Å². The molecule has 3 fully saturated rings. The fourth-order valence-electron chi connectivity index (χ4n) is 5.06. The number of methoxy groups -OCH3 is 1. The molecule has 3 heterocycles. The van der Waals surface area contributed by atoms with Crippen LogP contribution in [0.2, 0.25) is 0 Å². The second-order valence-electron chi connectivity index (χ2n) is 10.2. The van der Waals surface area contributed by atoms with Gasteiger partial charge in [-0.25, -0.2) is 14.2 Å². The van der Waals surface area contributed by atoms with Gasteiger partial charge in [0, 0.05) is 67.1 Å². The molecule has 3 aliphatic rings. The first-order valence-corrected chi connectivity index (χ1v) is 13.6. The minimum absolute atomic E-state index is 0.140. The Hall–Kier alpha value is -2.43. The Balaban J connectivity index is 1.06. The molecule has 0 bridgehead atoms. The predicted octanol–water partition coefficient (Wildman–Crippen LogP) is 3.91. The highest BCUT2D eigenvalue weighted by Crippen LogP contribution is 2.45. The normalized spacial score (nSPS) is 23.9. The van der Waals surface area contributed by atoms with Crippen molar-refractivity contribution in [3.8, 4) is 22.1 Å². The molecule has 8 nitrogen and oxygen atoms in total. The van der Waals surface area contributed by atoms with E-state index >= 15 is 4.39 Å². The lowest BCUT2D eigenvalue weighted by atomic mass is 9.93. The number of amides is 1. The maximum Gasteiger partial charge on any atom is 0.409 e. The summed E-state index contributed by atoms with van der Waals surface area (Å²) in [5, 5.41) is 17.5. The molecule has 1 aromatic heterocycles. The number of phenolic OH excluding ortho intramolecular Hbond substituents is 1. The number of hydrogen-bond acceptors (Lipinski definition) is 8. The van der Waals surface area contributed by atoms with Crippen molar-refractivity contribution in [2.45, 2.75) is 49.7 Å². The van der Waals surface area contributed by atoms with Crippen molar-refractivity contribution in [3.05, 3.63) is 29.3 Å². The second kappa shape index (κ2) is 10.9. The average molecular weight is 519 g/mol. The molecular weight excluding hydrogens is 483 g/mol. The largest absolute Gasteiger partial charge is 0.508 e. The predicted molar refractivity (Wildman–Crippen MR) is 137 cm³/mol. The molecule has 1 aromatic carbocycles. The quantitative estimate of drug-likeness (QED) is 0.488. The Bertz CT molecular complexity index is 1050. The maximum absolute atomic E-state index is 15.4. The number of phenols is 1. The number of aromatic hydroxyl groups is 1. The molecule has 2 aliphatic heterocycles. The number of benzene rings is 1.